The number of amides is 1. The summed E-state index contributed by atoms with van der Waals surface area (Å²) in [7, 11) is 0. The van der Waals surface area contributed by atoms with Crippen LogP contribution in [0.5, 0.6) is 5.75 Å². The Morgan fingerprint density at radius 2 is 1.58 bits per heavy atom. The Kier molecular flexibility index (Phi) is 8.23. The maximum atomic E-state index is 11.9. The molecule has 0 fully saturated rings. The number of hydrogen-bond acceptors (Lipinski definition) is 6. The van der Waals surface area contributed by atoms with E-state index in [0.717, 1.165) is 0 Å². The molecule has 142 valence electrons. The summed E-state index contributed by atoms with van der Waals surface area (Å²) in [4.78, 5) is 45.1. The summed E-state index contributed by atoms with van der Waals surface area (Å²) in [6, 6.07) is 3.87. The summed E-state index contributed by atoms with van der Waals surface area (Å²) in [5.41, 5.74) is 0.673. The van der Waals surface area contributed by atoms with Gasteiger partial charge < -0.3 is 20.6 Å². The first kappa shape index (κ1) is 21.1. The van der Waals surface area contributed by atoms with Crippen LogP contribution in [0.1, 0.15) is 25.3 Å². The number of carboxylic acid groups (broad SMARTS) is 2. The minimum absolute atomic E-state index is 0.0657. The Labute approximate surface area is 150 Å². The van der Waals surface area contributed by atoms with Crippen LogP contribution in [0.4, 0.5) is 0 Å². The van der Waals surface area contributed by atoms with Gasteiger partial charge in [0.15, 0.2) is 0 Å². The fraction of sp³-hybridized carbons (Fsp3) is 0.412. The quantitative estimate of drug-likeness (QED) is 0.364. The highest BCUT2D eigenvalue weighted by atomic mass is 16.4. The number of carbonyl (C=O) groups is 4. The molecule has 0 spiro atoms. The second kappa shape index (κ2) is 10.1. The van der Waals surface area contributed by atoms with Crippen LogP contribution < -0.4 is 10.6 Å². The van der Waals surface area contributed by atoms with Crippen molar-refractivity contribution in [2.45, 2.75) is 38.3 Å². The summed E-state index contributed by atoms with van der Waals surface area (Å²) in [6.07, 6.45) is -0.0759. The van der Waals surface area contributed by atoms with Crippen LogP contribution in [0.3, 0.4) is 0 Å². The molecule has 9 heteroatoms. The number of hydrogen-bond donors (Lipinski definition) is 5. The van der Waals surface area contributed by atoms with Gasteiger partial charge in [-0.2, -0.15) is 0 Å². The zero-order valence-corrected chi connectivity index (χ0v) is 14.3. The lowest BCUT2D eigenvalue weighted by Gasteiger charge is -2.15. The van der Waals surface area contributed by atoms with Gasteiger partial charge in [0, 0.05) is 13.3 Å². The van der Waals surface area contributed by atoms with Crippen molar-refractivity contribution in [1.29, 1.82) is 0 Å². The molecular formula is C17H22N2O7. The van der Waals surface area contributed by atoms with E-state index in [1.54, 1.807) is 12.1 Å². The Bertz CT molecular complexity index is 658. The average Bonchev–Trinajstić information content (AvgIpc) is 2.56. The van der Waals surface area contributed by atoms with Gasteiger partial charge in [0.05, 0.1) is 6.54 Å². The van der Waals surface area contributed by atoms with E-state index >= 15 is 0 Å². The van der Waals surface area contributed by atoms with Gasteiger partial charge >= 0.3 is 11.9 Å². The molecule has 0 heterocycles. The Hall–Kier alpha value is -2.94. The third-order valence-electron chi connectivity index (χ3n) is 3.61. The van der Waals surface area contributed by atoms with Crippen molar-refractivity contribution in [1.82, 2.24) is 10.6 Å². The number of phenolic OH excluding ortho intramolecular Hbond substituents is 1. The Balaban J connectivity index is 2.51. The molecule has 1 amide bonds. The summed E-state index contributed by atoms with van der Waals surface area (Å²) in [5, 5.41) is 32.3. The van der Waals surface area contributed by atoms with E-state index in [9.17, 15) is 29.4 Å². The molecule has 0 aliphatic rings. The van der Waals surface area contributed by atoms with Crippen LogP contribution in [-0.2, 0) is 25.6 Å². The number of carbonyl (C=O) groups excluding carboxylic acids is 2. The van der Waals surface area contributed by atoms with Crippen molar-refractivity contribution in [3.63, 3.8) is 0 Å². The highest BCUT2D eigenvalue weighted by Crippen LogP contribution is 2.11. The third kappa shape index (κ3) is 7.75. The highest BCUT2D eigenvalue weighted by Gasteiger charge is 2.21. The van der Waals surface area contributed by atoms with Crippen LogP contribution in [-0.4, -0.2) is 57.6 Å². The maximum absolute atomic E-state index is 11.9. The second-order valence-corrected chi connectivity index (χ2v) is 5.81. The van der Waals surface area contributed by atoms with Crippen LogP contribution >= 0.6 is 0 Å². The lowest BCUT2D eigenvalue weighted by Crippen LogP contribution is -2.42. The fourth-order valence-corrected chi connectivity index (χ4v) is 2.25. The van der Waals surface area contributed by atoms with Gasteiger partial charge in [-0.05, 0) is 30.5 Å². The predicted octanol–water partition coefficient (Wildman–Crippen LogP) is -0.0839. The van der Waals surface area contributed by atoms with Gasteiger partial charge in [-0.15, -0.1) is 0 Å². The largest absolute Gasteiger partial charge is 0.508 e. The highest BCUT2D eigenvalue weighted by molar-refractivity contribution is 5.85. The van der Waals surface area contributed by atoms with Gasteiger partial charge in [0.2, 0.25) is 5.91 Å². The van der Waals surface area contributed by atoms with E-state index in [1.807, 2.05) is 0 Å². The first-order valence-corrected chi connectivity index (χ1v) is 7.94. The Morgan fingerprint density at radius 3 is 2.08 bits per heavy atom. The summed E-state index contributed by atoms with van der Waals surface area (Å²) < 4.78 is 0. The molecule has 26 heavy (non-hydrogen) atoms. The molecule has 0 bridgehead atoms. The van der Waals surface area contributed by atoms with E-state index in [2.05, 4.69) is 10.6 Å². The molecule has 5 N–H and O–H groups in total. The van der Waals surface area contributed by atoms with Crippen molar-refractivity contribution in [2.75, 3.05) is 6.54 Å². The third-order valence-corrected chi connectivity index (χ3v) is 3.61. The number of rotatable bonds is 11. The monoisotopic (exact) mass is 366 g/mol. The van der Waals surface area contributed by atoms with Crippen LogP contribution in [0.2, 0.25) is 0 Å². The van der Waals surface area contributed by atoms with Crippen molar-refractivity contribution in [2.24, 2.45) is 0 Å². The molecule has 0 aromatic heterocycles. The van der Waals surface area contributed by atoms with Gasteiger partial charge in [0.1, 0.15) is 23.6 Å². The van der Waals surface area contributed by atoms with E-state index in [0.29, 0.717) is 5.56 Å². The lowest BCUT2D eigenvalue weighted by molar-refractivity contribution is -0.141. The minimum atomic E-state index is -1.24. The topological polar surface area (TPSA) is 153 Å². The van der Waals surface area contributed by atoms with E-state index in [-0.39, 0.29) is 37.3 Å². The number of carboxylic acids is 2. The van der Waals surface area contributed by atoms with Crippen LogP contribution in [0.15, 0.2) is 24.3 Å². The molecule has 1 unspecified atom stereocenters. The first-order valence-electron chi connectivity index (χ1n) is 7.94. The number of aromatic hydroxyl groups is 1. The van der Waals surface area contributed by atoms with Gasteiger partial charge in [-0.25, -0.2) is 4.79 Å². The number of aliphatic carboxylic acids is 2. The molecule has 2 atom stereocenters. The van der Waals surface area contributed by atoms with Crippen molar-refractivity contribution in [3.05, 3.63) is 29.8 Å². The molecule has 0 aliphatic carbocycles. The molecule has 0 aliphatic heterocycles. The zero-order valence-electron chi connectivity index (χ0n) is 14.3. The summed E-state index contributed by atoms with van der Waals surface area (Å²) in [6.45, 7) is 0.946. The number of ketones is 1. The summed E-state index contributed by atoms with van der Waals surface area (Å²) >= 11 is 0. The molecule has 1 rings (SSSR count). The maximum Gasteiger partial charge on any atom is 0.326 e. The van der Waals surface area contributed by atoms with E-state index in [1.165, 1.54) is 19.1 Å². The molecule has 1 aromatic rings. The molecule has 0 radical (unpaired) electrons. The Morgan fingerprint density at radius 1 is 1.00 bits per heavy atom. The summed E-state index contributed by atoms with van der Waals surface area (Å²) in [5.74, 6) is -3.18. The molecule has 0 saturated heterocycles. The number of nitrogens with one attached hydrogen (secondary N) is 2. The fourth-order valence-electron chi connectivity index (χ4n) is 2.25. The molecule has 9 nitrogen and oxygen atoms in total. The standard InChI is InChI=1S/C17H22N2O7/c1-10(20)19-14(16(23)24)7-6-13(22)9-18-15(17(25)26)8-11-2-4-12(21)5-3-11/h2-5,14-15,18,21H,6-9H2,1H3,(H,19,20)(H,23,24)(H,25,26)/t14?,15-/m0/s1. The zero-order chi connectivity index (χ0) is 19.7. The second-order valence-electron chi connectivity index (χ2n) is 5.81. The van der Waals surface area contributed by atoms with Crippen LogP contribution in [0.25, 0.3) is 0 Å². The normalized spacial score (nSPS) is 12.8. The van der Waals surface area contributed by atoms with Gasteiger partial charge in [-0.1, -0.05) is 12.1 Å². The molecule has 1 aromatic carbocycles. The first-order chi connectivity index (χ1) is 12.2. The lowest BCUT2D eigenvalue weighted by atomic mass is 10.0. The van der Waals surface area contributed by atoms with Gasteiger partial charge in [-0.3, -0.25) is 19.7 Å². The van der Waals surface area contributed by atoms with Crippen LogP contribution in [0, 0.1) is 0 Å². The van der Waals surface area contributed by atoms with Crippen molar-refractivity contribution in [3.8, 4) is 5.75 Å². The number of benzene rings is 1. The van der Waals surface area contributed by atoms with E-state index in [4.69, 9.17) is 5.11 Å². The predicted molar refractivity (Wildman–Crippen MR) is 90.7 cm³/mol. The van der Waals surface area contributed by atoms with Gasteiger partial charge in [0.25, 0.3) is 0 Å². The average molecular weight is 366 g/mol. The van der Waals surface area contributed by atoms with Crippen molar-refractivity contribution >= 4 is 23.6 Å². The SMILES string of the molecule is CC(=O)NC(CCC(=O)CN[C@@H](Cc1ccc(O)cc1)C(=O)O)C(=O)O. The molecule has 0 saturated carbocycles. The molecular weight excluding hydrogens is 344 g/mol. The van der Waals surface area contributed by atoms with Crippen molar-refractivity contribution < 1.29 is 34.5 Å². The minimum Gasteiger partial charge on any atom is -0.508 e. The smallest absolute Gasteiger partial charge is 0.326 e. The number of Topliss-reactive ketones (excluding diaryl/α,β-unsaturated/α-hetero) is 1. The van der Waals surface area contributed by atoms with E-state index < -0.39 is 29.9 Å². The number of phenols is 1.